The van der Waals surface area contributed by atoms with Crippen LogP contribution < -0.4 is 44.6 Å². The minimum Gasteiger partial charge on any atom is -1.00 e. The molecule has 0 amide bonds. The van der Waals surface area contributed by atoms with E-state index in [1.165, 1.54) is 21.5 Å². The Labute approximate surface area is 241 Å². The second-order valence-electron chi connectivity index (χ2n) is 10.4. The van der Waals surface area contributed by atoms with Crippen molar-refractivity contribution in [1.82, 2.24) is 0 Å². The van der Waals surface area contributed by atoms with Crippen LogP contribution in [0.4, 0.5) is 0 Å². The molecule has 194 valence electrons. The summed E-state index contributed by atoms with van der Waals surface area (Å²) in [6.45, 7) is 9.22. The Balaban J connectivity index is 0.00000380. The van der Waals surface area contributed by atoms with Gasteiger partial charge in [0, 0.05) is 5.92 Å². The average molecular weight is 641 g/mol. The maximum absolute atomic E-state index is 6.93. The van der Waals surface area contributed by atoms with Gasteiger partial charge < -0.3 is 33.1 Å². The van der Waals surface area contributed by atoms with Crippen molar-refractivity contribution in [2.45, 2.75) is 32.7 Å². The molecule has 0 radical (unpaired) electrons. The minimum absolute atomic E-state index is 0. The van der Waals surface area contributed by atoms with Crippen LogP contribution in [0.15, 0.2) is 115 Å². The highest BCUT2D eigenvalue weighted by molar-refractivity contribution is 7.95. The summed E-state index contributed by atoms with van der Waals surface area (Å²) in [5.74, 6) is 1.16. The summed E-state index contributed by atoms with van der Waals surface area (Å²) in [5, 5.41) is 4.24. The SMILES string of the molecule is COc1ccc(C(O[Si](C)(C)C)C(C)C[P+](c2ccccc2)(c2ccccc2)c2ccccc2)cc1.[I-]. The van der Waals surface area contributed by atoms with Crippen molar-refractivity contribution < 1.29 is 33.1 Å². The maximum Gasteiger partial charge on any atom is 0.184 e. The fraction of sp³-hybridized carbons (Fsp3) is 0.250. The lowest BCUT2D eigenvalue weighted by Gasteiger charge is -2.35. The van der Waals surface area contributed by atoms with Crippen molar-refractivity contribution in [3.63, 3.8) is 0 Å². The monoisotopic (exact) mass is 640 g/mol. The molecule has 0 N–H and O–H groups in total. The molecule has 2 atom stereocenters. The van der Waals surface area contributed by atoms with Gasteiger partial charge in [-0.15, -0.1) is 0 Å². The molecule has 0 saturated heterocycles. The van der Waals surface area contributed by atoms with Crippen LogP contribution >= 0.6 is 7.26 Å². The van der Waals surface area contributed by atoms with Crippen LogP contribution in [0.3, 0.4) is 0 Å². The summed E-state index contributed by atoms with van der Waals surface area (Å²) in [5.41, 5.74) is 1.22. The zero-order valence-corrected chi connectivity index (χ0v) is 26.5. The van der Waals surface area contributed by atoms with Gasteiger partial charge >= 0.3 is 0 Å². The van der Waals surface area contributed by atoms with E-state index in [0.717, 1.165) is 11.9 Å². The fourth-order valence-electron chi connectivity index (χ4n) is 5.03. The molecule has 0 fully saturated rings. The van der Waals surface area contributed by atoms with Crippen molar-refractivity contribution in [2.75, 3.05) is 13.3 Å². The number of ether oxygens (including phenoxy) is 1. The summed E-state index contributed by atoms with van der Waals surface area (Å²) >= 11 is 0. The molecule has 0 spiro atoms. The Hall–Kier alpha value is -1.98. The molecule has 4 rings (SSSR count). The van der Waals surface area contributed by atoms with Gasteiger partial charge in [-0.2, -0.15) is 0 Å². The van der Waals surface area contributed by atoms with Crippen molar-refractivity contribution >= 4 is 31.5 Å². The Morgan fingerprint density at radius 1 is 0.649 bits per heavy atom. The molecule has 5 heteroatoms. The summed E-state index contributed by atoms with van der Waals surface area (Å²) in [6, 6.07) is 41.8. The molecule has 0 aliphatic rings. The zero-order valence-electron chi connectivity index (χ0n) is 22.5. The normalized spacial score (nSPS) is 13.3. The lowest BCUT2D eigenvalue weighted by Crippen LogP contribution is -3.00. The molecule has 0 heterocycles. The van der Waals surface area contributed by atoms with E-state index in [2.05, 4.69) is 142 Å². The Kier molecular flexibility index (Phi) is 10.5. The number of hydrogen-bond acceptors (Lipinski definition) is 2. The summed E-state index contributed by atoms with van der Waals surface area (Å²) in [6.07, 6.45) is 1.03. The highest BCUT2D eigenvalue weighted by atomic mass is 127. The Morgan fingerprint density at radius 2 is 1.05 bits per heavy atom. The van der Waals surface area contributed by atoms with Crippen LogP contribution in [0.2, 0.25) is 19.6 Å². The van der Waals surface area contributed by atoms with Crippen molar-refractivity contribution in [3.8, 4) is 5.75 Å². The quantitative estimate of drug-likeness (QED) is 0.147. The largest absolute Gasteiger partial charge is 1.00 e. The van der Waals surface area contributed by atoms with Gasteiger partial charge in [0.2, 0.25) is 0 Å². The van der Waals surface area contributed by atoms with Crippen LogP contribution in [0, 0.1) is 5.92 Å². The number of benzene rings is 4. The van der Waals surface area contributed by atoms with Crippen LogP contribution in [-0.2, 0) is 4.43 Å². The van der Waals surface area contributed by atoms with Crippen molar-refractivity contribution in [2.24, 2.45) is 5.92 Å². The third-order valence-corrected chi connectivity index (χ3v) is 12.2. The standard InChI is InChI=1S/C32H38O2PSi.HI/c1-26(32(34-36(3,4)5)27-21-23-28(33-2)24-22-27)25-35(29-15-9-6-10-16-29,30-17-11-7-12-18-30)31-19-13-8-14-20-31;/h6-24,26,32H,25H2,1-5H3;1H/q+1;/p-1. The van der Waals surface area contributed by atoms with Crippen LogP contribution in [0.25, 0.3) is 0 Å². The second-order valence-corrected chi connectivity index (χ2v) is 18.4. The predicted molar refractivity (Wildman–Crippen MR) is 159 cm³/mol. The fourth-order valence-corrected chi connectivity index (χ4v) is 10.8. The van der Waals surface area contributed by atoms with E-state index in [1.54, 1.807) is 7.11 Å². The summed E-state index contributed by atoms with van der Waals surface area (Å²) in [4.78, 5) is 0. The third-order valence-electron chi connectivity index (χ3n) is 6.59. The van der Waals surface area contributed by atoms with Crippen molar-refractivity contribution in [3.05, 3.63) is 121 Å². The molecule has 4 aromatic rings. The number of methoxy groups -OCH3 is 1. The van der Waals surface area contributed by atoms with Gasteiger partial charge in [0.1, 0.15) is 28.9 Å². The van der Waals surface area contributed by atoms with Gasteiger partial charge in [0.25, 0.3) is 0 Å². The van der Waals surface area contributed by atoms with Crippen molar-refractivity contribution in [1.29, 1.82) is 0 Å². The first-order valence-corrected chi connectivity index (χ1v) is 18.1. The highest BCUT2D eigenvalue weighted by Crippen LogP contribution is 2.58. The zero-order chi connectivity index (χ0) is 25.6. The average Bonchev–Trinajstić information content (AvgIpc) is 2.91. The van der Waals surface area contributed by atoms with Gasteiger partial charge in [-0.25, -0.2) is 0 Å². The molecule has 0 aromatic heterocycles. The van der Waals surface area contributed by atoms with E-state index >= 15 is 0 Å². The topological polar surface area (TPSA) is 18.5 Å². The first-order valence-electron chi connectivity index (χ1n) is 12.7. The summed E-state index contributed by atoms with van der Waals surface area (Å²) < 4.78 is 12.4. The first kappa shape index (κ1) is 29.6. The predicted octanol–water partition coefficient (Wildman–Crippen LogP) is 4.22. The van der Waals surface area contributed by atoms with Crippen LogP contribution in [0.1, 0.15) is 18.6 Å². The summed E-state index contributed by atoms with van der Waals surface area (Å²) in [7, 11) is -2.06. The molecule has 0 aliphatic heterocycles. The smallest absolute Gasteiger partial charge is 0.184 e. The first-order chi connectivity index (χ1) is 17.3. The molecule has 2 unspecified atom stereocenters. The maximum atomic E-state index is 6.93. The molecule has 0 aliphatic carbocycles. The number of rotatable bonds is 10. The van der Waals surface area contributed by atoms with E-state index in [1.807, 2.05) is 0 Å². The molecule has 4 aromatic carbocycles. The Morgan fingerprint density at radius 3 is 1.41 bits per heavy atom. The van der Waals surface area contributed by atoms with E-state index in [4.69, 9.17) is 9.16 Å². The van der Waals surface area contributed by atoms with E-state index in [9.17, 15) is 0 Å². The molecule has 37 heavy (non-hydrogen) atoms. The van der Waals surface area contributed by atoms with E-state index in [-0.39, 0.29) is 30.1 Å². The molecule has 0 bridgehead atoms. The molecule has 0 saturated carbocycles. The number of halogens is 1. The van der Waals surface area contributed by atoms with E-state index in [0.29, 0.717) is 5.92 Å². The minimum atomic E-state index is -1.95. The van der Waals surface area contributed by atoms with Gasteiger partial charge in [-0.1, -0.05) is 73.7 Å². The molecular weight excluding hydrogens is 602 g/mol. The van der Waals surface area contributed by atoms with Gasteiger partial charge in [0.05, 0.1) is 19.4 Å². The Bertz CT molecular complexity index is 1120. The lowest BCUT2D eigenvalue weighted by atomic mass is 9.99. The lowest BCUT2D eigenvalue weighted by molar-refractivity contribution is -0.00000910. The van der Waals surface area contributed by atoms with Gasteiger partial charge in [-0.05, 0) is 73.7 Å². The molecule has 2 nitrogen and oxygen atoms in total. The molecular formula is C32H38IO2PSi. The third kappa shape index (κ3) is 7.11. The van der Waals surface area contributed by atoms with Crippen LogP contribution in [0.5, 0.6) is 5.75 Å². The van der Waals surface area contributed by atoms with Gasteiger partial charge in [-0.3, -0.25) is 0 Å². The van der Waals surface area contributed by atoms with Gasteiger partial charge in [0.15, 0.2) is 8.32 Å². The highest BCUT2D eigenvalue weighted by Gasteiger charge is 2.48. The van der Waals surface area contributed by atoms with Crippen LogP contribution in [-0.4, -0.2) is 21.6 Å². The van der Waals surface area contributed by atoms with E-state index < -0.39 is 15.6 Å². The number of hydrogen-bond donors (Lipinski definition) is 0. The second kappa shape index (κ2) is 13.2.